The first-order chi connectivity index (χ1) is 15.5. The molecule has 166 valence electrons. The fraction of sp³-hybridized carbons (Fsp3) is 0.385. The van der Waals surface area contributed by atoms with E-state index in [1.165, 1.54) is 0 Å². The zero-order valence-corrected chi connectivity index (χ0v) is 18.3. The van der Waals surface area contributed by atoms with Crippen molar-refractivity contribution in [1.82, 2.24) is 4.98 Å². The molecule has 6 heteroatoms. The summed E-state index contributed by atoms with van der Waals surface area (Å²) in [5, 5.41) is 14.8. The summed E-state index contributed by atoms with van der Waals surface area (Å²) in [5.41, 5.74) is 10.5. The number of anilines is 1. The molecule has 2 aliphatic rings. The molecule has 3 aromatic rings. The zero-order chi connectivity index (χ0) is 22.3. The molecule has 5 rings (SSSR count). The Bertz CT molecular complexity index is 1160. The lowest BCUT2D eigenvalue weighted by atomic mass is 9.89. The van der Waals surface area contributed by atoms with Crippen LogP contribution in [0.2, 0.25) is 0 Å². The number of aromatic hydroxyl groups is 1. The molecule has 0 bridgehead atoms. The first kappa shape index (κ1) is 20.8. The van der Waals surface area contributed by atoms with Crippen LogP contribution >= 0.6 is 0 Å². The minimum atomic E-state index is -0.424. The molecule has 2 aromatic carbocycles. The van der Waals surface area contributed by atoms with Gasteiger partial charge < -0.3 is 25.7 Å². The Kier molecular flexibility index (Phi) is 5.25. The summed E-state index contributed by atoms with van der Waals surface area (Å²) in [6.07, 6.45) is 8.75. The van der Waals surface area contributed by atoms with Gasteiger partial charge in [-0.15, -0.1) is 0 Å². The number of aromatic nitrogens is 1. The highest BCUT2D eigenvalue weighted by molar-refractivity contribution is 5.98. The number of phenolic OH excluding ortho intramolecular Hbond substituents is 1. The second kappa shape index (κ2) is 8.10. The fourth-order valence-corrected chi connectivity index (χ4v) is 4.82. The van der Waals surface area contributed by atoms with Crippen LogP contribution in [-0.4, -0.2) is 35.6 Å². The number of nitrogens with zero attached hydrogens (tertiary/aromatic N) is 1. The molecule has 0 unspecified atom stereocenters. The third-order valence-electron chi connectivity index (χ3n) is 7.05. The van der Waals surface area contributed by atoms with Crippen LogP contribution in [-0.2, 0) is 10.2 Å². The van der Waals surface area contributed by atoms with Crippen LogP contribution < -0.4 is 15.8 Å². The molecular weight excluding hydrogens is 402 g/mol. The topological polar surface area (TPSA) is 97.5 Å². The van der Waals surface area contributed by atoms with E-state index >= 15 is 0 Å². The Morgan fingerprint density at radius 2 is 1.84 bits per heavy atom. The molecular formula is C26H29N3O3. The van der Waals surface area contributed by atoms with Gasteiger partial charge >= 0.3 is 0 Å². The monoisotopic (exact) mass is 431 g/mol. The van der Waals surface area contributed by atoms with Gasteiger partial charge in [0, 0.05) is 34.9 Å². The summed E-state index contributed by atoms with van der Waals surface area (Å²) >= 11 is 0. The first-order valence-corrected chi connectivity index (χ1v) is 11.3. The van der Waals surface area contributed by atoms with E-state index in [-0.39, 0.29) is 11.8 Å². The Labute approximate surface area is 187 Å². The van der Waals surface area contributed by atoms with Gasteiger partial charge in [0.1, 0.15) is 6.29 Å². The summed E-state index contributed by atoms with van der Waals surface area (Å²) in [6.45, 7) is 0. The van der Waals surface area contributed by atoms with Crippen LogP contribution in [0.25, 0.3) is 22.0 Å². The number of rotatable bonds is 6. The largest absolute Gasteiger partial charge is 0.504 e. The van der Waals surface area contributed by atoms with Gasteiger partial charge in [-0.05, 0) is 73.9 Å². The van der Waals surface area contributed by atoms with Crippen molar-refractivity contribution in [3.8, 4) is 22.6 Å². The van der Waals surface area contributed by atoms with Crippen molar-refractivity contribution in [2.24, 2.45) is 5.73 Å². The van der Waals surface area contributed by atoms with Crippen molar-refractivity contribution in [1.29, 1.82) is 0 Å². The predicted molar refractivity (Wildman–Crippen MR) is 126 cm³/mol. The van der Waals surface area contributed by atoms with Gasteiger partial charge in [-0.2, -0.15) is 0 Å². The van der Waals surface area contributed by atoms with Crippen molar-refractivity contribution < 1.29 is 14.6 Å². The summed E-state index contributed by atoms with van der Waals surface area (Å²) in [7, 11) is 1.54. The van der Waals surface area contributed by atoms with E-state index in [0.717, 1.165) is 78.1 Å². The number of benzene rings is 2. The number of methoxy groups -OCH3 is 1. The number of fused-ring (bicyclic) bond motifs is 1. The molecule has 0 saturated heterocycles. The average molecular weight is 432 g/mol. The number of aldehydes is 1. The molecule has 1 aromatic heterocycles. The standard InChI is InChI=1S/C26H29N3O3/c1-32-24-13-17(3-9-23(24)31)16-2-8-22-20(12-16)25(29-19-6-4-18(27)5-7-19)21(14-28-22)26(15-30)10-11-26/h2-3,8-9,12-15,18-19,31H,4-7,10-11,27H2,1H3,(H,28,29)/t18-,19+. The minimum absolute atomic E-state index is 0.112. The van der Waals surface area contributed by atoms with E-state index in [4.69, 9.17) is 15.5 Å². The fourth-order valence-electron chi connectivity index (χ4n) is 4.82. The molecule has 4 N–H and O–H groups in total. The Hall–Kier alpha value is -3.12. The maximum Gasteiger partial charge on any atom is 0.161 e. The van der Waals surface area contributed by atoms with E-state index in [9.17, 15) is 9.90 Å². The highest BCUT2D eigenvalue weighted by atomic mass is 16.5. The number of nitrogens with two attached hydrogens (primary N) is 1. The van der Waals surface area contributed by atoms with E-state index in [0.29, 0.717) is 11.8 Å². The zero-order valence-electron chi connectivity index (χ0n) is 18.3. The number of phenols is 1. The van der Waals surface area contributed by atoms with Gasteiger partial charge in [0.05, 0.1) is 18.0 Å². The molecule has 2 aliphatic carbocycles. The van der Waals surface area contributed by atoms with Gasteiger partial charge in [-0.25, -0.2) is 0 Å². The van der Waals surface area contributed by atoms with Crippen molar-refractivity contribution in [2.45, 2.75) is 56.0 Å². The third-order valence-corrected chi connectivity index (χ3v) is 7.05. The van der Waals surface area contributed by atoms with Crippen LogP contribution in [0.4, 0.5) is 5.69 Å². The number of ether oxygens (including phenoxy) is 1. The van der Waals surface area contributed by atoms with E-state index in [2.05, 4.69) is 11.4 Å². The molecule has 0 amide bonds. The highest BCUT2D eigenvalue weighted by Gasteiger charge is 2.46. The van der Waals surface area contributed by atoms with Crippen LogP contribution in [0, 0.1) is 0 Å². The van der Waals surface area contributed by atoms with Gasteiger partial charge in [-0.3, -0.25) is 4.98 Å². The van der Waals surface area contributed by atoms with Crippen molar-refractivity contribution in [3.05, 3.63) is 48.2 Å². The molecule has 0 atom stereocenters. The molecule has 1 heterocycles. The Morgan fingerprint density at radius 3 is 2.53 bits per heavy atom. The van der Waals surface area contributed by atoms with Gasteiger partial charge in [-0.1, -0.05) is 12.1 Å². The van der Waals surface area contributed by atoms with E-state index in [1.54, 1.807) is 13.2 Å². The van der Waals surface area contributed by atoms with Crippen LogP contribution in [0.1, 0.15) is 44.1 Å². The molecule has 32 heavy (non-hydrogen) atoms. The normalized spacial score (nSPS) is 21.8. The molecule has 6 nitrogen and oxygen atoms in total. The third kappa shape index (κ3) is 3.69. The summed E-state index contributed by atoms with van der Waals surface area (Å²) in [4.78, 5) is 16.7. The van der Waals surface area contributed by atoms with Crippen molar-refractivity contribution in [2.75, 3.05) is 12.4 Å². The number of hydrogen-bond donors (Lipinski definition) is 3. The van der Waals surface area contributed by atoms with Crippen LogP contribution in [0.3, 0.4) is 0 Å². The second-order valence-corrected chi connectivity index (χ2v) is 9.20. The number of carbonyl (C=O) groups excluding carboxylic acids is 1. The summed E-state index contributed by atoms with van der Waals surface area (Å²) < 4.78 is 5.29. The van der Waals surface area contributed by atoms with Crippen molar-refractivity contribution >= 4 is 22.9 Å². The number of hydrogen-bond acceptors (Lipinski definition) is 6. The van der Waals surface area contributed by atoms with Crippen LogP contribution in [0.15, 0.2) is 42.6 Å². The maximum atomic E-state index is 12.0. The molecule has 2 saturated carbocycles. The lowest BCUT2D eigenvalue weighted by molar-refractivity contribution is -0.109. The number of carbonyl (C=O) groups is 1. The lowest BCUT2D eigenvalue weighted by Crippen LogP contribution is -2.33. The number of nitrogens with one attached hydrogen (secondary N) is 1. The Balaban J connectivity index is 1.62. The highest BCUT2D eigenvalue weighted by Crippen LogP contribution is 2.50. The average Bonchev–Trinajstić information content (AvgIpc) is 3.62. The SMILES string of the molecule is COc1cc(-c2ccc3ncc(C4(C=O)CC4)c(N[C@H]4CC[C@@H](N)CC4)c3c2)ccc1O. The van der Waals surface area contributed by atoms with Crippen LogP contribution in [0.5, 0.6) is 11.5 Å². The molecule has 0 aliphatic heterocycles. The lowest BCUT2D eigenvalue weighted by Gasteiger charge is -2.29. The Morgan fingerprint density at radius 1 is 1.12 bits per heavy atom. The maximum absolute atomic E-state index is 12.0. The van der Waals surface area contributed by atoms with Gasteiger partial charge in [0.2, 0.25) is 0 Å². The van der Waals surface area contributed by atoms with Crippen molar-refractivity contribution in [3.63, 3.8) is 0 Å². The van der Waals surface area contributed by atoms with Gasteiger partial charge in [0.15, 0.2) is 11.5 Å². The summed E-state index contributed by atoms with van der Waals surface area (Å²) in [5.74, 6) is 0.546. The summed E-state index contributed by atoms with van der Waals surface area (Å²) in [6, 6.07) is 12.1. The first-order valence-electron chi connectivity index (χ1n) is 11.3. The van der Waals surface area contributed by atoms with E-state index < -0.39 is 5.41 Å². The predicted octanol–water partition coefficient (Wildman–Crippen LogP) is 4.53. The molecule has 0 radical (unpaired) electrons. The van der Waals surface area contributed by atoms with Gasteiger partial charge in [0.25, 0.3) is 0 Å². The second-order valence-electron chi connectivity index (χ2n) is 9.20. The quantitative estimate of drug-likeness (QED) is 0.496. The molecule has 0 spiro atoms. The smallest absolute Gasteiger partial charge is 0.161 e. The number of pyridine rings is 1. The molecule has 2 fully saturated rings. The minimum Gasteiger partial charge on any atom is -0.504 e. The van der Waals surface area contributed by atoms with E-state index in [1.807, 2.05) is 30.5 Å².